The van der Waals surface area contributed by atoms with Crippen LogP contribution in [0.1, 0.15) is 46.0 Å². The van der Waals surface area contributed by atoms with Crippen LogP contribution in [0.5, 0.6) is 0 Å². The minimum Gasteiger partial charge on any atom is -0.478 e. The monoisotopic (exact) mass is 250 g/mol. The number of rotatable bonds is 2. The van der Waals surface area contributed by atoms with E-state index in [0.29, 0.717) is 12.8 Å². The molecule has 0 spiro atoms. The predicted octanol–water partition coefficient (Wildman–Crippen LogP) is 2.90. The number of hydrogen-bond donors (Lipinski definition) is 2. The normalized spacial score (nSPS) is 36.2. The lowest BCUT2D eigenvalue weighted by atomic mass is 9.60. The van der Waals surface area contributed by atoms with E-state index in [1.54, 1.807) is 0 Å². The molecular formula is C15H22O3. The third-order valence-electron chi connectivity index (χ3n) is 4.79. The average molecular weight is 250 g/mol. The van der Waals surface area contributed by atoms with Crippen molar-refractivity contribution in [2.75, 3.05) is 0 Å². The van der Waals surface area contributed by atoms with Crippen molar-refractivity contribution >= 4 is 5.97 Å². The number of hydrogen-bond acceptors (Lipinski definition) is 2. The first-order valence-corrected chi connectivity index (χ1v) is 6.64. The fourth-order valence-corrected chi connectivity index (χ4v) is 3.68. The number of fused-ring (bicyclic) bond motifs is 1. The van der Waals surface area contributed by atoms with Gasteiger partial charge < -0.3 is 10.2 Å². The molecule has 3 heteroatoms. The van der Waals surface area contributed by atoms with Gasteiger partial charge >= 0.3 is 5.97 Å². The Morgan fingerprint density at radius 1 is 1.50 bits per heavy atom. The Hall–Kier alpha value is -1.09. The fraction of sp³-hybridized carbons (Fsp3) is 0.667. The molecule has 2 rings (SSSR count). The van der Waals surface area contributed by atoms with Crippen molar-refractivity contribution in [3.05, 3.63) is 23.3 Å². The first-order chi connectivity index (χ1) is 8.35. The fourth-order valence-electron chi connectivity index (χ4n) is 3.68. The minimum absolute atomic E-state index is 0.0665. The Kier molecular flexibility index (Phi) is 3.37. The number of carbonyl (C=O) groups is 1. The highest BCUT2D eigenvalue weighted by Gasteiger charge is 2.44. The Morgan fingerprint density at radius 2 is 2.17 bits per heavy atom. The maximum absolute atomic E-state index is 11.0. The SMILES string of the molecule is C=C(C(=O)O)C1CC2=C(C)CCCC2(C)CC1O. The van der Waals surface area contributed by atoms with Crippen molar-refractivity contribution in [3.63, 3.8) is 0 Å². The Bertz CT molecular complexity index is 421. The molecule has 0 heterocycles. The second-order valence-electron chi connectivity index (χ2n) is 6.09. The van der Waals surface area contributed by atoms with E-state index < -0.39 is 12.1 Å². The Labute approximate surface area is 108 Å². The summed E-state index contributed by atoms with van der Waals surface area (Å²) in [5.41, 5.74) is 2.97. The number of carboxylic acid groups (broad SMARTS) is 1. The van der Waals surface area contributed by atoms with Crippen LogP contribution in [0.15, 0.2) is 23.3 Å². The quantitative estimate of drug-likeness (QED) is 0.585. The topological polar surface area (TPSA) is 57.5 Å². The van der Waals surface area contributed by atoms with Crippen molar-refractivity contribution in [1.82, 2.24) is 0 Å². The molecule has 0 aromatic rings. The summed E-state index contributed by atoms with van der Waals surface area (Å²) < 4.78 is 0. The number of allylic oxidation sites excluding steroid dienone is 2. The van der Waals surface area contributed by atoms with Crippen LogP contribution in [0.3, 0.4) is 0 Å². The van der Waals surface area contributed by atoms with E-state index in [0.717, 1.165) is 12.8 Å². The van der Waals surface area contributed by atoms with Gasteiger partial charge in [-0.05, 0) is 44.4 Å². The largest absolute Gasteiger partial charge is 0.478 e. The van der Waals surface area contributed by atoms with E-state index in [1.807, 2.05) is 0 Å². The summed E-state index contributed by atoms with van der Waals surface area (Å²) >= 11 is 0. The molecule has 18 heavy (non-hydrogen) atoms. The second kappa shape index (κ2) is 4.54. The second-order valence-corrected chi connectivity index (χ2v) is 6.09. The molecule has 1 fully saturated rings. The number of aliphatic carboxylic acids is 1. The van der Waals surface area contributed by atoms with Gasteiger partial charge in [-0.15, -0.1) is 0 Å². The van der Waals surface area contributed by atoms with Crippen LogP contribution < -0.4 is 0 Å². The van der Waals surface area contributed by atoms with Gasteiger partial charge in [0.15, 0.2) is 0 Å². The first kappa shape index (κ1) is 13.3. The van der Waals surface area contributed by atoms with E-state index in [9.17, 15) is 9.90 Å². The molecule has 2 aliphatic rings. The standard InChI is InChI=1S/C15H22O3/c1-9-5-4-6-15(3)8-13(16)11(7-12(9)15)10(2)14(17)18/h11,13,16H,2,4-8H2,1,3H3,(H,17,18). The molecule has 0 radical (unpaired) electrons. The van der Waals surface area contributed by atoms with Gasteiger partial charge in [0, 0.05) is 11.5 Å². The number of carboxylic acids is 1. The maximum Gasteiger partial charge on any atom is 0.331 e. The highest BCUT2D eigenvalue weighted by atomic mass is 16.4. The third-order valence-corrected chi connectivity index (χ3v) is 4.79. The summed E-state index contributed by atoms with van der Waals surface area (Å²) in [7, 11) is 0. The van der Waals surface area contributed by atoms with E-state index in [-0.39, 0.29) is 16.9 Å². The zero-order chi connectivity index (χ0) is 13.5. The van der Waals surface area contributed by atoms with Crippen LogP contribution in [0.25, 0.3) is 0 Å². The van der Waals surface area contributed by atoms with Crippen molar-refractivity contribution < 1.29 is 15.0 Å². The highest BCUT2D eigenvalue weighted by molar-refractivity contribution is 5.86. The average Bonchev–Trinajstić information content (AvgIpc) is 2.26. The van der Waals surface area contributed by atoms with Crippen LogP contribution in [-0.2, 0) is 4.79 Å². The van der Waals surface area contributed by atoms with Gasteiger partial charge in [0.25, 0.3) is 0 Å². The van der Waals surface area contributed by atoms with Crippen LogP contribution >= 0.6 is 0 Å². The van der Waals surface area contributed by atoms with Crippen molar-refractivity contribution in [2.24, 2.45) is 11.3 Å². The van der Waals surface area contributed by atoms with Gasteiger partial charge in [0.2, 0.25) is 0 Å². The molecule has 100 valence electrons. The third kappa shape index (κ3) is 2.12. The smallest absolute Gasteiger partial charge is 0.331 e. The van der Waals surface area contributed by atoms with Gasteiger partial charge in [-0.25, -0.2) is 4.79 Å². The van der Waals surface area contributed by atoms with Crippen LogP contribution in [-0.4, -0.2) is 22.3 Å². The maximum atomic E-state index is 11.0. The van der Waals surface area contributed by atoms with Gasteiger partial charge in [0.05, 0.1) is 6.10 Å². The molecule has 3 atom stereocenters. The zero-order valence-corrected chi connectivity index (χ0v) is 11.2. The molecule has 1 saturated carbocycles. The summed E-state index contributed by atoms with van der Waals surface area (Å²) in [4.78, 5) is 11.0. The predicted molar refractivity (Wildman–Crippen MR) is 70.2 cm³/mol. The highest BCUT2D eigenvalue weighted by Crippen LogP contribution is 2.52. The van der Waals surface area contributed by atoms with E-state index in [1.165, 1.54) is 17.6 Å². The van der Waals surface area contributed by atoms with Gasteiger partial charge in [-0.1, -0.05) is 24.6 Å². The van der Waals surface area contributed by atoms with Crippen molar-refractivity contribution in [2.45, 2.75) is 52.1 Å². The number of aliphatic hydroxyl groups is 1. The van der Waals surface area contributed by atoms with Crippen LogP contribution in [0.2, 0.25) is 0 Å². The molecular weight excluding hydrogens is 228 g/mol. The Morgan fingerprint density at radius 3 is 2.78 bits per heavy atom. The molecule has 2 aliphatic carbocycles. The van der Waals surface area contributed by atoms with Crippen molar-refractivity contribution in [1.29, 1.82) is 0 Å². The Balaban J connectivity index is 2.31. The number of aliphatic hydroxyl groups excluding tert-OH is 1. The summed E-state index contributed by atoms with van der Waals surface area (Å²) in [6.07, 6.45) is 4.12. The van der Waals surface area contributed by atoms with E-state index in [4.69, 9.17) is 5.11 Å². The lowest BCUT2D eigenvalue weighted by molar-refractivity contribution is -0.134. The van der Waals surface area contributed by atoms with Gasteiger partial charge in [-0.2, -0.15) is 0 Å². The lowest BCUT2D eigenvalue weighted by Crippen LogP contribution is -2.40. The lowest BCUT2D eigenvalue weighted by Gasteiger charge is -2.46. The summed E-state index contributed by atoms with van der Waals surface area (Å²) in [5, 5.41) is 19.3. The van der Waals surface area contributed by atoms with Crippen LogP contribution in [0.4, 0.5) is 0 Å². The molecule has 3 unspecified atom stereocenters. The molecule has 2 N–H and O–H groups in total. The molecule has 0 aromatic carbocycles. The molecule has 0 aromatic heterocycles. The molecule has 0 bridgehead atoms. The first-order valence-electron chi connectivity index (χ1n) is 6.64. The van der Waals surface area contributed by atoms with E-state index in [2.05, 4.69) is 20.4 Å². The molecule has 0 saturated heterocycles. The van der Waals surface area contributed by atoms with Gasteiger partial charge in [0.1, 0.15) is 0 Å². The summed E-state index contributed by atoms with van der Waals surface area (Å²) in [6, 6.07) is 0. The van der Waals surface area contributed by atoms with Crippen LogP contribution in [0, 0.1) is 11.3 Å². The summed E-state index contributed by atoms with van der Waals surface area (Å²) in [6.45, 7) is 7.98. The molecule has 0 aliphatic heterocycles. The molecule has 0 amide bonds. The zero-order valence-electron chi connectivity index (χ0n) is 11.2. The minimum atomic E-state index is -0.989. The van der Waals surface area contributed by atoms with Gasteiger partial charge in [-0.3, -0.25) is 0 Å². The summed E-state index contributed by atoms with van der Waals surface area (Å²) in [5.74, 6) is -1.31. The molecule has 3 nitrogen and oxygen atoms in total. The van der Waals surface area contributed by atoms with E-state index >= 15 is 0 Å². The van der Waals surface area contributed by atoms with Crippen molar-refractivity contribution in [3.8, 4) is 0 Å².